The maximum atomic E-state index is 12.6. The van der Waals surface area contributed by atoms with Crippen LogP contribution < -0.4 is 25.3 Å². The Morgan fingerprint density at radius 1 is 1.12 bits per heavy atom. The van der Waals surface area contributed by atoms with Crippen molar-refractivity contribution in [3.63, 3.8) is 0 Å². The number of rotatable bonds is 6. The van der Waals surface area contributed by atoms with Crippen LogP contribution in [0.25, 0.3) is 0 Å². The summed E-state index contributed by atoms with van der Waals surface area (Å²) in [4.78, 5) is 12.6. The summed E-state index contributed by atoms with van der Waals surface area (Å²) in [5, 5.41) is 3.11. The molecule has 136 valence electrons. The Balaban J connectivity index is 0.00000288. The largest absolute Gasteiger partial charge is 0.493 e. The summed E-state index contributed by atoms with van der Waals surface area (Å²) in [6.07, 6.45) is 4.34. The van der Waals surface area contributed by atoms with Crippen LogP contribution in [0, 0.1) is 5.92 Å². The minimum atomic E-state index is -0.144. The van der Waals surface area contributed by atoms with Crippen LogP contribution >= 0.6 is 12.4 Å². The van der Waals surface area contributed by atoms with Gasteiger partial charge in [0.2, 0.25) is 5.75 Å². The van der Waals surface area contributed by atoms with Crippen molar-refractivity contribution >= 4 is 18.3 Å². The van der Waals surface area contributed by atoms with Gasteiger partial charge < -0.3 is 25.3 Å². The molecule has 1 amide bonds. The molecule has 6 nitrogen and oxygen atoms in total. The Morgan fingerprint density at radius 2 is 1.71 bits per heavy atom. The molecule has 1 saturated carbocycles. The molecule has 0 spiro atoms. The molecule has 7 heteroatoms. The maximum absolute atomic E-state index is 12.6. The number of nitrogens with two attached hydrogens (primary N) is 1. The molecule has 1 aromatic rings. The minimum Gasteiger partial charge on any atom is -0.493 e. The summed E-state index contributed by atoms with van der Waals surface area (Å²) in [5.74, 6) is 1.61. The number of amides is 1. The lowest BCUT2D eigenvalue weighted by atomic mass is 9.84. The number of hydrogen-bond acceptors (Lipinski definition) is 5. The number of halogens is 1. The summed E-state index contributed by atoms with van der Waals surface area (Å²) in [6, 6.07) is 3.45. The molecule has 0 aliphatic heterocycles. The molecular formula is C17H27ClN2O4. The summed E-state index contributed by atoms with van der Waals surface area (Å²) in [7, 11) is 4.60. The molecule has 0 saturated heterocycles. The van der Waals surface area contributed by atoms with E-state index in [1.807, 2.05) is 0 Å². The zero-order valence-electron chi connectivity index (χ0n) is 14.5. The van der Waals surface area contributed by atoms with E-state index in [1.165, 1.54) is 27.8 Å². The van der Waals surface area contributed by atoms with Gasteiger partial charge >= 0.3 is 0 Å². The Labute approximate surface area is 149 Å². The van der Waals surface area contributed by atoms with Crippen molar-refractivity contribution < 1.29 is 19.0 Å². The second-order valence-electron chi connectivity index (χ2n) is 5.77. The van der Waals surface area contributed by atoms with E-state index in [0.717, 1.165) is 19.3 Å². The quantitative estimate of drug-likeness (QED) is 0.815. The standard InChI is InChI=1S/C17H26N2O4.ClH/c1-21-14-8-12(9-15(22-2)16(14)23-3)17(20)19-13-7-5-4-6-11(13)10-18;/h8-9,11,13H,4-7,10,18H2,1-3H3,(H,19,20);1H. The molecule has 0 heterocycles. The van der Waals surface area contributed by atoms with E-state index in [-0.39, 0.29) is 24.4 Å². The molecule has 24 heavy (non-hydrogen) atoms. The Kier molecular flexibility index (Phi) is 8.15. The zero-order chi connectivity index (χ0) is 16.8. The highest BCUT2D eigenvalue weighted by atomic mass is 35.5. The number of methoxy groups -OCH3 is 3. The number of nitrogens with one attached hydrogen (secondary N) is 1. The SMILES string of the molecule is COc1cc(C(=O)NC2CCCCC2CN)cc(OC)c1OC.Cl. The van der Waals surface area contributed by atoms with Crippen LogP contribution in [0.1, 0.15) is 36.0 Å². The molecule has 2 rings (SSSR count). The van der Waals surface area contributed by atoms with Crippen LogP contribution in [-0.2, 0) is 0 Å². The summed E-state index contributed by atoms with van der Waals surface area (Å²) < 4.78 is 15.9. The van der Waals surface area contributed by atoms with E-state index in [0.29, 0.717) is 35.3 Å². The first kappa shape index (κ1) is 20.4. The third kappa shape index (κ3) is 4.45. The predicted octanol–water partition coefficient (Wildman–Crippen LogP) is 2.38. The van der Waals surface area contributed by atoms with Gasteiger partial charge in [-0.3, -0.25) is 4.79 Å². The van der Waals surface area contributed by atoms with Gasteiger partial charge in [0.15, 0.2) is 11.5 Å². The van der Waals surface area contributed by atoms with Crippen molar-refractivity contribution in [2.24, 2.45) is 11.7 Å². The zero-order valence-corrected chi connectivity index (χ0v) is 15.3. The lowest BCUT2D eigenvalue weighted by Gasteiger charge is -2.31. The van der Waals surface area contributed by atoms with Crippen molar-refractivity contribution in [1.29, 1.82) is 0 Å². The van der Waals surface area contributed by atoms with Gasteiger partial charge in [-0.05, 0) is 37.4 Å². The van der Waals surface area contributed by atoms with Crippen molar-refractivity contribution in [2.45, 2.75) is 31.7 Å². The average Bonchev–Trinajstić information content (AvgIpc) is 2.60. The summed E-state index contributed by atoms with van der Waals surface area (Å²) >= 11 is 0. The number of ether oxygens (including phenoxy) is 3. The molecule has 0 aromatic heterocycles. The van der Waals surface area contributed by atoms with Gasteiger partial charge in [0.1, 0.15) is 0 Å². The lowest BCUT2D eigenvalue weighted by molar-refractivity contribution is 0.0907. The smallest absolute Gasteiger partial charge is 0.251 e. The lowest BCUT2D eigenvalue weighted by Crippen LogP contribution is -2.44. The summed E-state index contributed by atoms with van der Waals surface area (Å²) in [6.45, 7) is 0.597. The van der Waals surface area contributed by atoms with Crippen molar-refractivity contribution in [3.05, 3.63) is 17.7 Å². The van der Waals surface area contributed by atoms with E-state index in [4.69, 9.17) is 19.9 Å². The van der Waals surface area contributed by atoms with Gasteiger partial charge in [0, 0.05) is 11.6 Å². The molecule has 3 N–H and O–H groups in total. The molecular weight excluding hydrogens is 332 g/mol. The van der Waals surface area contributed by atoms with E-state index in [1.54, 1.807) is 12.1 Å². The van der Waals surface area contributed by atoms with E-state index in [2.05, 4.69) is 5.32 Å². The third-order valence-corrected chi connectivity index (χ3v) is 4.46. The maximum Gasteiger partial charge on any atom is 0.251 e. The van der Waals surface area contributed by atoms with E-state index in [9.17, 15) is 4.79 Å². The molecule has 0 bridgehead atoms. The highest BCUT2D eigenvalue weighted by Crippen LogP contribution is 2.38. The topological polar surface area (TPSA) is 82.8 Å². The monoisotopic (exact) mass is 358 g/mol. The Bertz CT molecular complexity index is 528. The highest BCUT2D eigenvalue weighted by molar-refractivity contribution is 5.95. The number of benzene rings is 1. The van der Waals surface area contributed by atoms with Gasteiger partial charge in [-0.25, -0.2) is 0 Å². The van der Waals surface area contributed by atoms with Crippen LogP contribution in [0.4, 0.5) is 0 Å². The summed E-state index contributed by atoms with van der Waals surface area (Å²) in [5.41, 5.74) is 6.32. The molecule has 2 unspecified atom stereocenters. The minimum absolute atomic E-state index is 0. The van der Waals surface area contributed by atoms with Gasteiger partial charge in [-0.2, -0.15) is 0 Å². The van der Waals surface area contributed by atoms with Gasteiger partial charge in [-0.15, -0.1) is 12.4 Å². The second-order valence-corrected chi connectivity index (χ2v) is 5.77. The number of hydrogen-bond donors (Lipinski definition) is 2. The fourth-order valence-corrected chi connectivity index (χ4v) is 3.14. The molecule has 1 aromatic carbocycles. The molecule has 1 aliphatic rings. The fourth-order valence-electron chi connectivity index (χ4n) is 3.14. The van der Waals surface area contributed by atoms with Gasteiger partial charge in [0.25, 0.3) is 5.91 Å². The Hall–Kier alpha value is -1.66. The number of carbonyl (C=O) groups excluding carboxylic acids is 1. The first-order valence-corrected chi connectivity index (χ1v) is 7.95. The predicted molar refractivity (Wildman–Crippen MR) is 95.6 cm³/mol. The van der Waals surface area contributed by atoms with E-state index >= 15 is 0 Å². The molecule has 0 radical (unpaired) electrons. The number of carbonyl (C=O) groups is 1. The van der Waals surface area contributed by atoms with Crippen molar-refractivity contribution in [2.75, 3.05) is 27.9 Å². The van der Waals surface area contributed by atoms with Crippen LogP contribution in [0.3, 0.4) is 0 Å². The first-order valence-electron chi connectivity index (χ1n) is 7.95. The van der Waals surface area contributed by atoms with Crippen LogP contribution in [0.2, 0.25) is 0 Å². The van der Waals surface area contributed by atoms with Crippen LogP contribution in [0.5, 0.6) is 17.2 Å². The van der Waals surface area contributed by atoms with Crippen molar-refractivity contribution in [1.82, 2.24) is 5.32 Å². The average molecular weight is 359 g/mol. The van der Waals surface area contributed by atoms with E-state index < -0.39 is 0 Å². The first-order chi connectivity index (χ1) is 11.1. The normalized spacial score (nSPS) is 19.8. The van der Waals surface area contributed by atoms with Gasteiger partial charge in [-0.1, -0.05) is 12.8 Å². The van der Waals surface area contributed by atoms with Crippen LogP contribution in [-0.4, -0.2) is 39.8 Å². The molecule has 1 fully saturated rings. The second kappa shape index (κ2) is 9.59. The molecule has 2 atom stereocenters. The molecule has 1 aliphatic carbocycles. The van der Waals surface area contributed by atoms with Crippen LogP contribution in [0.15, 0.2) is 12.1 Å². The fraction of sp³-hybridized carbons (Fsp3) is 0.588. The highest BCUT2D eigenvalue weighted by Gasteiger charge is 2.26. The Morgan fingerprint density at radius 3 is 2.21 bits per heavy atom. The van der Waals surface area contributed by atoms with Crippen molar-refractivity contribution in [3.8, 4) is 17.2 Å². The van der Waals surface area contributed by atoms with Gasteiger partial charge in [0.05, 0.1) is 21.3 Å². The third-order valence-electron chi connectivity index (χ3n) is 4.46.